The van der Waals surface area contributed by atoms with E-state index in [2.05, 4.69) is 16.0 Å². The molecule has 0 aliphatic heterocycles. The average Bonchev–Trinajstić information content (AvgIpc) is 3.62. The quantitative estimate of drug-likeness (QED) is 0.0147. The standard InChI is InChI=1S/C64H82N12O6.ClH/c65-37-13-10-34-62(71,56(77)52(68)40-43-16-4-1-5-17-43)59(80)74-49-28-22-46(23-29-49)55(47-24-30-50(31-25-47)75-60(81)63(72,35-11-14-38-66)57(78)53(69)41-44-18-6-2-7-19-44)48-26-32-51(33-27-48)76-61(82)64(73,36-12-15-39-67)58(79)54(70)42-45-20-8-3-9-21-45;/h1-9,16-33,52-55H,10-15,34-42,65-73H2,(H,74,80)(H,75,81)(H,76,82);1H/t52-,53-,54-,62+,63+,64+;/m0./s1. The van der Waals surface area contributed by atoms with Gasteiger partial charge in [-0.2, -0.15) is 0 Å². The number of nitrogens with two attached hydrogens (primary N) is 9. The topological polar surface area (TPSA) is 373 Å². The van der Waals surface area contributed by atoms with Gasteiger partial charge in [-0.25, -0.2) is 0 Å². The highest BCUT2D eigenvalue weighted by molar-refractivity contribution is 6.18. The fourth-order valence-electron chi connectivity index (χ4n) is 10.1. The van der Waals surface area contributed by atoms with E-state index in [0.717, 1.165) is 33.4 Å². The molecule has 83 heavy (non-hydrogen) atoms. The van der Waals surface area contributed by atoms with E-state index in [0.29, 0.717) is 75.2 Å². The van der Waals surface area contributed by atoms with Crippen molar-refractivity contribution in [2.24, 2.45) is 51.6 Å². The molecule has 6 aromatic rings. The third-order valence-electron chi connectivity index (χ3n) is 15.0. The maximum atomic E-state index is 14.2. The summed E-state index contributed by atoms with van der Waals surface area (Å²) in [5.41, 5.74) is 57.0. The second kappa shape index (κ2) is 31.9. The molecule has 0 aliphatic rings. The van der Waals surface area contributed by atoms with Gasteiger partial charge in [0.15, 0.2) is 34.0 Å². The Balaban J connectivity index is 0.0000126. The van der Waals surface area contributed by atoms with E-state index in [1.54, 1.807) is 36.4 Å². The van der Waals surface area contributed by atoms with Crippen molar-refractivity contribution in [3.05, 3.63) is 197 Å². The van der Waals surface area contributed by atoms with Crippen LogP contribution in [-0.2, 0) is 48.0 Å². The highest BCUT2D eigenvalue weighted by Crippen LogP contribution is 2.35. The third kappa shape index (κ3) is 17.8. The second-order valence-electron chi connectivity index (χ2n) is 21.3. The minimum atomic E-state index is -1.95. The fraction of sp³-hybridized carbons (Fsp3) is 0.344. The Morgan fingerprint density at radius 3 is 0.795 bits per heavy atom. The minimum absolute atomic E-state index is 0. The zero-order chi connectivity index (χ0) is 59.3. The highest BCUT2D eigenvalue weighted by Gasteiger charge is 2.46. The van der Waals surface area contributed by atoms with Crippen LogP contribution >= 0.6 is 12.4 Å². The van der Waals surface area contributed by atoms with E-state index in [4.69, 9.17) is 51.6 Å². The van der Waals surface area contributed by atoms with Crippen molar-refractivity contribution in [2.75, 3.05) is 35.6 Å². The van der Waals surface area contributed by atoms with Crippen molar-refractivity contribution in [3.8, 4) is 0 Å². The molecular weight excluding hydrogens is 1070 g/mol. The number of carbonyl (C=O) groups is 6. The zero-order valence-electron chi connectivity index (χ0n) is 47.1. The van der Waals surface area contributed by atoms with Crippen molar-refractivity contribution < 1.29 is 28.8 Å². The number of nitrogens with one attached hydrogen (secondary N) is 3. The Morgan fingerprint density at radius 2 is 0.578 bits per heavy atom. The van der Waals surface area contributed by atoms with Crippen LogP contribution in [0.15, 0.2) is 164 Å². The summed E-state index contributed by atoms with van der Waals surface area (Å²) in [5.74, 6) is -4.41. The third-order valence-corrected chi connectivity index (χ3v) is 15.0. The van der Waals surface area contributed by atoms with Gasteiger partial charge in [-0.05, 0) is 166 Å². The number of Topliss-reactive ketones (excluding diaryl/α,β-unsaturated/α-hetero) is 3. The van der Waals surface area contributed by atoms with Gasteiger partial charge in [-0.3, -0.25) is 28.8 Å². The first-order valence-electron chi connectivity index (χ1n) is 28.1. The van der Waals surface area contributed by atoms with Crippen LogP contribution in [0.2, 0.25) is 0 Å². The first-order valence-corrected chi connectivity index (χ1v) is 28.1. The Labute approximate surface area is 493 Å². The Morgan fingerprint density at radius 1 is 0.349 bits per heavy atom. The number of ketones is 3. The molecule has 18 nitrogen and oxygen atoms in total. The molecule has 0 aliphatic carbocycles. The molecule has 6 atom stereocenters. The molecule has 0 unspecified atom stereocenters. The summed E-state index contributed by atoms with van der Waals surface area (Å²) in [6, 6.07) is 45.8. The Hall–Kier alpha value is -7.33. The minimum Gasteiger partial charge on any atom is -0.330 e. The van der Waals surface area contributed by atoms with Crippen LogP contribution in [0.4, 0.5) is 17.1 Å². The molecule has 0 heterocycles. The molecule has 0 spiro atoms. The van der Waals surface area contributed by atoms with Crippen LogP contribution in [0.3, 0.4) is 0 Å². The molecule has 3 amide bonds. The number of anilines is 3. The number of halogens is 1. The first kappa shape index (κ1) is 66.5. The first-order chi connectivity index (χ1) is 39.4. The lowest BCUT2D eigenvalue weighted by Gasteiger charge is -2.30. The van der Waals surface area contributed by atoms with Crippen molar-refractivity contribution in [3.63, 3.8) is 0 Å². The van der Waals surface area contributed by atoms with Crippen LogP contribution in [0.5, 0.6) is 0 Å². The SMILES string of the molecule is Cl.NCCCC[C@](N)(C(=O)Nc1ccc(C(c2ccc(NC(=O)[C@@](N)(CCCCN)C(=O)[C@@H](N)Cc3ccccc3)cc2)c2ccc(NC(=O)[C@@](N)(CCCCN)C(=O)[C@@H](N)Cc3ccccc3)cc2)cc1)C(=O)[C@@H](N)Cc1ccccc1. The van der Waals surface area contributed by atoms with Crippen molar-refractivity contribution in [1.29, 1.82) is 0 Å². The normalized spacial score (nSPS) is 14.5. The molecule has 6 aromatic carbocycles. The summed E-state index contributed by atoms with van der Waals surface area (Å²) in [5, 5.41) is 8.60. The van der Waals surface area contributed by atoms with E-state index in [1.165, 1.54) is 0 Å². The second-order valence-corrected chi connectivity index (χ2v) is 21.3. The molecule has 0 aromatic heterocycles. The van der Waals surface area contributed by atoms with E-state index in [-0.39, 0.29) is 50.9 Å². The number of unbranched alkanes of at least 4 members (excludes halogenated alkanes) is 3. The summed E-state index contributed by atoms with van der Waals surface area (Å²) >= 11 is 0. The summed E-state index contributed by atoms with van der Waals surface area (Å²) in [6.45, 7) is 1.06. The van der Waals surface area contributed by atoms with Gasteiger partial charge in [0.1, 0.15) is 0 Å². The highest BCUT2D eigenvalue weighted by atomic mass is 35.5. The molecule has 0 fully saturated rings. The molecule has 6 rings (SSSR count). The molecular formula is C64H83ClN12O6. The van der Waals surface area contributed by atoms with Gasteiger partial charge in [0.25, 0.3) is 17.7 Å². The lowest BCUT2D eigenvalue weighted by atomic mass is 9.82. The maximum Gasteiger partial charge on any atom is 0.252 e. The maximum absolute atomic E-state index is 14.2. The van der Waals surface area contributed by atoms with Crippen LogP contribution in [0, 0.1) is 0 Å². The van der Waals surface area contributed by atoms with E-state index >= 15 is 0 Å². The number of hydrogen-bond donors (Lipinski definition) is 12. The van der Waals surface area contributed by atoms with Gasteiger partial charge < -0.3 is 67.6 Å². The van der Waals surface area contributed by atoms with Crippen LogP contribution < -0.4 is 67.6 Å². The lowest BCUT2D eigenvalue weighted by Crippen LogP contribution is -2.62. The zero-order valence-corrected chi connectivity index (χ0v) is 47.9. The van der Waals surface area contributed by atoms with Crippen molar-refractivity contribution in [2.45, 2.75) is 118 Å². The smallest absolute Gasteiger partial charge is 0.252 e. The van der Waals surface area contributed by atoms with Gasteiger partial charge in [-0.1, -0.05) is 127 Å². The number of benzene rings is 6. The average molecular weight is 1150 g/mol. The number of carbonyl (C=O) groups excluding carboxylic acids is 6. The Bertz CT molecular complexity index is 2710. The van der Waals surface area contributed by atoms with Crippen molar-refractivity contribution in [1.82, 2.24) is 0 Å². The largest absolute Gasteiger partial charge is 0.330 e. The molecule has 21 N–H and O–H groups in total. The molecule has 0 saturated carbocycles. The fourth-order valence-corrected chi connectivity index (χ4v) is 10.1. The number of hydrogen-bond acceptors (Lipinski definition) is 15. The van der Waals surface area contributed by atoms with Crippen LogP contribution in [-0.4, -0.2) is 89.4 Å². The van der Waals surface area contributed by atoms with Gasteiger partial charge in [0.05, 0.1) is 18.1 Å². The molecule has 0 radical (unpaired) electrons. The summed E-state index contributed by atoms with van der Waals surface area (Å²) < 4.78 is 0. The molecule has 0 saturated heterocycles. The monoisotopic (exact) mass is 1150 g/mol. The van der Waals surface area contributed by atoms with Crippen LogP contribution in [0.1, 0.15) is 97.1 Å². The summed E-state index contributed by atoms with van der Waals surface area (Å²) in [4.78, 5) is 84.5. The lowest BCUT2D eigenvalue weighted by molar-refractivity contribution is -0.135. The van der Waals surface area contributed by atoms with Gasteiger partial charge in [0.2, 0.25) is 0 Å². The molecule has 19 heteroatoms. The van der Waals surface area contributed by atoms with Gasteiger partial charge >= 0.3 is 0 Å². The predicted molar refractivity (Wildman–Crippen MR) is 332 cm³/mol. The van der Waals surface area contributed by atoms with E-state index in [9.17, 15) is 28.8 Å². The van der Waals surface area contributed by atoms with Gasteiger partial charge in [-0.15, -0.1) is 12.4 Å². The summed E-state index contributed by atoms with van der Waals surface area (Å²) in [7, 11) is 0. The number of rotatable bonds is 33. The van der Waals surface area contributed by atoms with Crippen LogP contribution in [0.25, 0.3) is 0 Å². The molecule has 442 valence electrons. The summed E-state index contributed by atoms with van der Waals surface area (Å²) in [6.07, 6.45) is 3.56. The Kier molecular flexibility index (Phi) is 25.6. The number of amides is 3. The van der Waals surface area contributed by atoms with Gasteiger partial charge in [0, 0.05) is 23.0 Å². The predicted octanol–water partition coefficient (Wildman–Crippen LogP) is 5.00. The van der Waals surface area contributed by atoms with Crippen molar-refractivity contribution >= 4 is 64.5 Å². The van der Waals surface area contributed by atoms with E-state index in [1.807, 2.05) is 127 Å². The molecule has 0 bridgehead atoms. The van der Waals surface area contributed by atoms with E-state index < -0.39 is 75.7 Å².